The van der Waals surface area contributed by atoms with E-state index in [2.05, 4.69) is 30.7 Å². The molecule has 0 aromatic rings. The third-order valence-electron chi connectivity index (χ3n) is 3.23. The van der Waals surface area contributed by atoms with E-state index in [0.29, 0.717) is 5.92 Å². The average molecular weight is 260 g/mol. The minimum absolute atomic E-state index is 0.0506. The monoisotopic (exact) mass is 260 g/mol. The minimum Gasteiger partial charge on any atom is -0.381 e. The SMILES string of the molecule is CC[C@H](CSC)NC(=O)N[C@H](C)[C@@H]1CCOC1. The molecule has 1 fully saturated rings. The van der Waals surface area contributed by atoms with E-state index >= 15 is 0 Å². The van der Waals surface area contributed by atoms with Crippen LogP contribution in [0.4, 0.5) is 4.79 Å². The first-order chi connectivity index (χ1) is 8.17. The minimum atomic E-state index is -0.0506. The zero-order valence-electron chi connectivity index (χ0n) is 11.0. The van der Waals surface area contributed by atoms with Crippen LogP contribution >= 0.6 is 11.8 Å². The summed E-state index contributed by atoms with van der Waals surface area (Å²) >= 11 is 1.76. The van der Waals surface area contributed by atoms with Gasteiger partial charge >= 0.3 is 6.03 Å². The van der Waals surface area contributed by atoms with Gasteiger partial charge in [0.1, 0.15) is 0 Å². The predicted molar refractivity (Wildman–Crippen MR) is 72.5 cm³/mol. The van der Waals surface area contributed by atoms with Crippen molar-refractivity contribution in [3.8, 4) is 0 Å². The second-order valence-electron chi connectivity index (χ2n) is 4.59. The van der Waals surface area contributed by atoms with E-state index in [1.807, 2.05) is 0 Å². The Hall–Kier alpha value is -0.420. The maximum Gasteiger partial charge on any atom is 0.315 e. The van der Waals surface area contributed by atoms with Crippen LogP contribution in [0, 0.1) is 5.92 Å². The van der Waals surface area contributed by atoms with Gasteiger partial charge in [-0.05, 0) is 26.0 Å². The molecule has 5 heteroatoms. The molecule has 2 N–H and O–H groups in total. The molecule has 0 unspecified atom stereocenters. The number of carbonyl (C=O) groups is 1. The van der Waals surface area contributed by atoms with Crippen LogP contribution in [-0.4, -0.2) is 43.3 Å². The third kappa shape index (κ3) is 5.17. The van der Waals surface area contributed by atoms with E-state index in [0.717, 1.165) is 31.8 Å². The Morgan fingerprint density at radius 3 is 2.82 bits per heavy atom. The molecule has 3 atom stereocenters. The Balaban J connectivity index is 2.27. The highest BCUT2D eigenvalue weighted by Gasteiger charge is 2.23. The predicted octanol–water partition coefficient (Wildman–Crippen LogP) is 1.85. The number of hydrogen-bond donors (Lipinski definition) is 2. The number of urea groups is 1. The van der Waals surface area contributed by atoms with Gasteiger partial charge in [0.25, 0.3) is 0 Å². The van der Waals surface area contributed by atoms with Gasteiger partial charge in [-0.3, -0.25) is 0 Å². The first-order valence-corrected chi connectivity index (χ1v) is 7.70. The third-order valence-corrected chi connectivity index (χ3v) is 3.96. The van der Waals surface area contributed by atoms with Crippen molar-refractivity contribution in [2.75, 3.05) is 25.2 Å². The lowest BCUT2D eigenvalue weighted by molar-refractivity contribution is 0.177. The van der Waals surface area contributed by atoms with Crippen molar-refractivity contribution in [2.24, 2.45) is 5.92 Å². The zero-order chi connectivity index (χ0) is 12.7. The fraction of sp³-hybridized carbons (Fsp3) is 0.917. The van der Waals surface area contributed by atoms with E-state index in [1.165, 1.54) is 0 Å². The zero-order valence-corrected chi connectivity index (χ0v) is 11.8. The molecule has 1 heterocycles. The van der Waals surface area contributed by atoms with Crippen molar-refractivity contribution in [1.82, 2.24) is 10.6 Å². The van der Waals surface area contributed by atoms with Gasteiger partial charge in [0, 0.05) is 30.4 Å². The maximum atomic E-state index is 11.8. The number of amides is 2. The summed E-state index contributed by atoms with van der Waals surface area (Å²) in [5, 5.41) is 6.02. The first-order valence-electron chi connectivity index (χ1n) is 6.31. The molecule has 0 aliphatic carbocycles. The maximum absolute atomic E-state index is 11.8. The van der Waals surface area contributed by atoms with Crippen molar-refractivity contribution in [1.29, 1.82) is 0 Å². The molecule has 0 aromatic heterocycles. The Morgan fingerprint density at radius 1 is 1.53 bits per heavy atom. The van der Waals surface area contributed by atoms with Gasteiger partial charge in [-0.1, -0.05) is 6.92 Å². The molecule has 2 amide bonds. The Labute approximate surface area is 108 Å². The van der Waals surface area contributed by atoms with Crippen LogP contribution in [0.5, 0.6) is 0 Å². The molecule has 1 aliphatic heterocycles. The van der Waals surface area contributed by atoms with Gasteiger partial charge in [0.15, 0.2) is 0 Å². The molecule has 4 nitrogen and oxygen atoms in total. The van der Waals surface area contributed by atoms with Gasteiger partial charge in [0.2, 0.25) is 0 Å². The van der Waals surface area contributed by atoms with Gasteiger partial charge < -0.3 is 15.4 Å². The highest BCUT2D eigenvalue weighted by molar-refractivity contribution is 7.98. The summed E-state index contributed by atoms with van der Waals surface area (Å²) < 4.78 is 5.33. The molecule has 1 aliphatic rings. The van der Waals surface area contributed by atoms with E-state index in [4.69, 9.17) is 4.74 Å². The second kappa shape index (κ2) is 7.82. The van der Waals surface area contributed by atoms with Crippen LogP contribution in [0.2, 0.25) is 0 Å². The van der Waals surface area contributed by atoms with Crippen LogP contribution in [0.15, 0.2) is 0 Å². The van der Waals surface area contributed by atoms with Crippen molar-refractivity contribution < 1.29 is 9.53 Å². The van der Waals surface area contributed by atoms with E-state index in [-0.39, 0.29) is 18.1 Å². The van der Waals surface area contributed by atoms with Crippen LogP contribution in [0.3, 0.4) is 0 Å². The summed E-state index contributed by atoms with van der Waals surface area (Å²) in [5.74, 6) is 1.42. The van der Waals surface area contributed by atoms with Gasteiger partial charge in [0.05, 0.1) is 6.61 Å². The smallest absolute Gasteiger partial charge is 0.315 e. The Morgan fingerprint density at radius 2 is 2.29 bits per heavy atom. The molecule has 0 aromatic carbocycles. The number of ether oxygens (including phenoxy) is 1. The molecule has 17 heavy (non-hydrogen) atoms. The molecule has 0 bridgehead atoms. The number of rotatable bonds is 6. The number of nitrogens with one attached hydrogen (secondary N) is 2. The van der Waals surface area contributed by atoms with Crippen molar-refractivity contribution in [2.45, 2.75) is 38.8 Å². The topological polar surface area (TPSA) is 50.4 Å². The number of thioether (sulfide) groups is 1. The molecular weight excluding hydrogens is 236 g/mol. The van der Waals surface area contributed by atoms with E-state index < -0.39 is 0 Å². The van der Waals surface area contributed by atoms with Gasteiger partial charge in [-0.2, -0.15) is 11.8 Å². The fourth-order valence-electron chi connectivity index (χ4n) is 1.96. The summed E-state index contributed by atoms with van der Waals surface area (Å²) in [6.07, 6.45) is 4.07. The Bertz CT molecular complexity index is 233. The van der Waals surface area contributed by atoms with E-state index in [9.17, 15) is 4.79 Å². The molecule has 0 radical (unpaired) electrons. The highest BCUT2D eigenvalue weighted by atomic mass is 32.2. The number of carbonyl (C=O) groups excluding carboxylic acids is 1. The van der Waals surface area contributed by atoms with Crippen LogP contribution in [0.1, 0.15) is 26.7 Å². The van der Waals surface area contributed by atoms with Crippen molar-refractivity contribution in [3.63, 3.8) is 0 Å². The van der Waals surface area contributed by atoms with Gasteiger partial charge in [-0.25, -0.2) is 4.79 Å². The quantitative estimate of drug-likeness (QED) is 0.766. The lowest BCUT2D eigenvalue weighted by Crippen LogP contribution is -2.48. The van der Waals surface area contributed by atoms with Crippen molar-refractivity contribution in [3.05, 3.63) is 0 Å². The summed E-state index contributed by atoms with van der Waals surface area (Å²) in [7, 11) is 0. The molecular formula is C12H24N2O2S. The normalized spacial score (nSPS) is 23.1. The second-order valence-corrected chi connectivity index (χ2v) is 5.50. The number of hydrogen-bond acceptors (Lipinski definition) is 3. The summed E-state index contributed by atoms with van der Waals surface area (Å²) in [6.45, 7) is 5.73. The van der Waals surface area contributed by atoms with E-state index in [1.54, 1.807) is 11.8 Å². The van der Waals surface area contributed by atoms with Gasteiger partial charge in [-0.15, -0.1) is 0 Å². The molecule has 1 rings (SSSR count). The largest absolute Gasteiger partial charge is 0.381 e. The molecule has 0 spiro atoms. The Kier molecular flexibility index (Phi) is 6.73. The molecule has 1 saturated heterocycles. The summed E-state index contributed by atoms with van der Waals surface area (Å²) in [6, 6.07) is 0.395. The first kappa shape index (κ1) is 14.6. The average Bonchev–Trinajstić information content (AvgIpc) is 2.81. The molecule has 100 valence electrons. The molecule has 0 saturated carbocycles. The highest BCUT2D eigenvalue weighted by Crippen LogP contribution is 2.16. The summed E-state index contributed by atoms with van der Waals surface area (Å²) in [4.78, 5) is 11.8. The standard InChI is InChI=1S/C12H24N2O2S/c1-4-11(8-17-3)14-12(15)13-9(2)10-5-6-16-7-10/h9-11H,4-8H2,1-3H3,(H2,13,14,15)/t9-,10-,11-/m1/s1. The van der Waals surface area contributed by atoms with Crippen LogP contribution < -0.4 is 10.6 Å². The lowest BCUT2D eigenvalue weighted by atomic mass is 10.0. The fourth-order valence-corrected chi connectivity index (χ4v) is 2.68. The lowest BCUT2D eigenvalue weighted by Gasteiger charge is -2.22. The summed E-state index contributed by atoms with van der Waals surface area (Å²) in [5.41, 5.74) is 0. The van der Waals surface area contributed by atoms with Crippen LogP contribution in [0.25, 0.3) is 0 Å². The van der Waals surface area contributed by atoms with Crippen molar-refractivity contribution >= 4 is 17.8 Å². The van der Waals surface area contributed by atoms with Crippen LogP contribution in [-0.2, 0) is 4.74 Å².